The Bertz CT molecular complexity index is 777. The molecule has 0 spiro atoms. The lowest BCUT2D eigenvalue weighted by Gasteiger charge is -2.18. The maximum absolute atomic E-state index is 12.6. The number of hydrogen-bond acceptors (Lipinski definition) is 5. The summed E-state index contributed by atoms with van der Waals surface area (Å²) in [5, 5.41) is 15.8. The molecule has 0 aliphatic carbocycles. The molecule has 2 atom stereocenters. The van der Waals surface area contributed by atoms with E-state index in [2.05, 4.69) is 15.5 Å². The van der Waals surface area contributed by atoms with Gasteiger partial charge in [0.15, 0.2) is 5.82 Å². The number of aromatic nitrogens is 2. The maximum Gasteiger partial charge on any atom is 0.308 e. The molecule has 2 aromatic rings. The van der Waals surface area contributed by atoms with Gasteiger partial charge in [-0.15, -0.1) is 0 Å². The Labute approximate surface area is 146 Å². The summed E-state index contributed by atoms with van der Waals surface area (Å²) < 4.78 is 5.32. The van der Waals surface area contributed by atoms with Crippen molar-refractivity contribution in [2.45, 2.75) is 46.1 Å². The first-order valence-corrected chi connectivity index (χ1v) is 8.08. The van der Waals surface area contributed by atoms with E-state index in [-0.39, 0.29) is 17.2 Å². The Morgan fingerprint density at radius 2 is 1.84 bits per heavy atom. The molecule has 1 heterocycles. The van der Waals surface area contributed by atoms with Gasteiger partial charge >= 0.3 is 5.97 Å². The van der Waals surface area contributed by atoms with Gasteiger partial charge in [-0.25, -0.2) is 0 Å². The maximum atomic E-state index is 12.6. The number of nitrogens with zero attached hydrogens (tertiary/aromatic N) is 2. The lowest BCUT2D eigenvalue weighted by atomic mass is 9.96. The van der Waals surface area contributed by atoms with Crippen molar-refractivity contribution in [2.75, 3.05) is 0 Å². The molecule has 134 valence electrons. The third kappa shape index (κ3) is 4.23. The highest BCUT2D eigenvalue weighted by Gasteiger charge is 2.25. The van der Waals surface area contributed by atoms with Crippen molar-refractivity contribution in [3.8, 4) is 11.5 Å². The second-order valence-electron chi connectivity index (χ2n) is 7.11. The SMILES string of the molecule is CC(NC(=O)c1ccccc1-c1nc(C(C)(C)C)no1)C(C)C(=O)O. The van der Waals surface area contributed by atoms with E-state index in [4.69, 9.17) is 9.63 Å². The van der Waals surface area contributed by atoms with Gasteiger partial charge in [0.25, 0.3) is 11.8 Å². The van der Waals surface area contributed by atoms with E-state index in [0.29, 0.717) is 17.0 Å². The zero-order chi connectivity index (χ0) is 18.8. The summed E-state index contributed by atoms with van der Waals surface area (Å²) in [6, 6.07) is 6.34. The van der Waals surface area contributed by atoms with Crippen LogP contribution in [0.2, 0.25) is 0 Å². The third-order valence-electron chi connectivity index (χ3n) is 4.00. The zero-order valence-electron chi connectivity index (χ0n) is 15.0. The summed E-state index contributed by atoms with van der Waals surface area (Å²) in [5.41, 5.74) is 0.596. The van der Waals surface area contributed by atoms with Crippen LogP contribution in [-0.4, -0.2) is 33.2 Å². The molecule has 7 heteroatoms. The largest absolute Gasteiger partial charge is 0.481 e. The van der Waals surface area contributed by atoms with Crippen LogP contribution in [-0.2, 0) is 10.2 Å². The number of carboxylic acid groups (broad SMARTS) is 1. The molecule has 0 radical (unpaired) electrons. The van der Waals surface area contributed by atoms with Crippen LogP contribution in [0, 0.1) is 5.92 Å². The van der Waals surface area contributed by atoms with Gasteiger partial charge in [0, 0.05) is 11.5 Å². The molecule has 1 amide bonds. The second kappa shape index (κ2) is 7.04. The number of rotatable bonds is 5. The van der Waals surface area contributed by atoms with Crippen LogP contribution >= 0.6 is 0 Å². The van der Waals surface area contributed by atoms with Gasteiger partial charge in [0.05, 0.1) is 17.0 Å². The highest BCUT2D eigenvalue weighted by atomic mass is 16.5. The summed E-state index contributed by atoms with van der Waals surface area (Å²) in [4.78, 5) is 28.0. The minimum Gasteiger partial charge on any atom is -0.481 e. The summed E-state index contributed by atoms with van der Waals surface area (Å²) >= 11 is 0. The monoisotopic (exact) mass is 345 g/mol. The molecule has 0 aliphatic heterocycles. The first-order chi connectivity index (χ1) is 11.6. The number of carbonyl (C=O) groups excluding carboxylic acids is 1. The molecule has 25 heavy (non-hydrogen) atoms. The summed E-state index contributed by atoms with van der Waals surface area (Å²) in [7, 11) is 0. The zero-order valence-corrected chi connectivity index (χ0v) is 15.0. The van der Waals surface area contributed by atoms with Crippen molar-refractivity contribution in [1.29, 1.82) is 0 Å². The number of benzene rings is 1. The minimum absolute atomic E-state index is 0.259. The highest BCUT2D eigenvalue weighted by Crippen LogP contribution is 2.26. The average Bonchev–Trinajstić information content (AvgIpc) is 3.04. The number of carbonyl (C=O) groups is 2. The fourth-order valence-corrected chi connectivity index (χ4v) is 2.13. The lowest BCUT2D eigenvalue weighted by molar-refractivity contribution is -0.141. The number of nitrogens with one attached hydrogen (secondary N) is 1. The lowest BCUT2D eigenvalue weighted by Crippen LogP contribution is -2.40. The Balaban J connectivity index is 2.30. The fourth-order valence-electron chi connectivity index (χ4n) is 2.13. The predicted molar refractivity (Wildman–Crippen MR) is 92.2 cm³/mol. The first-order valence-electron chi connectivity index (χ1n) is 8.08. The molecule has 0 saturated heterocycles. The van der Waals surface area contributed by atoms with Gasteiger partial charge in [-0.3, -0.25) is 9.59 Å². The molecule has 0 bridgehead atoms. The second-order valence-corrected chi connectivity index (χ2v) is 7.11. The van der Waals surface area contributed by atoms with Crippen LogP contribution in [0.4, 0.5) is 0 Å². The molecule has 1 aromatic carbocycles. The molecule has 2 rings (SSSR count). The molecule has 0 aliphatic rings. The van der Waals surface area contributed by atoms with Crippen molar-refractivity contribution in [1.82, 2.24) is 15.5 Å². The minimum atomic E-state index is -0.965. The van der Waals surface area contributed by atoms with E-state index in [1.165, 1.54) is 0 Å². The summed E-state index contributed by atoms with van der Waals surface area (Å²) in [6.07, 6.45) is 0. The first kappa shape index (κ1) is 18.6. The van der Waals surface area contributed by atoms with Crippen molar-refractivity contribution < 1.29 is 19.2 Å². The summed E-state index contributed by atoms with van der Waals surface area (Å²) in [5.74, 6) is -1.24. The van der Waals surface area contributed by atoms with Crippen LogP contribution in [0.1, 0.15) is 50.8 Å². The van der Waals surface area contributed by atoms with Gasteiger partial charge in [-0.1, -0.05) is 38.1 Å². The highest BCUT2D eigenvalue weighted by molar-refractivity contribution is 6.00. The van der Waals surface area contributed by atoms with Gasteiger partial charge in [0.2, 0.25) is 0 Å². The van der Waals surface area contributed by atoms with Gasteiger partial charge in [-0.2, -0.15) is 4.98 Å². The van der Waals surface area contributed by atoms with Crippen molar-refractivity contribution in [2.24, 2.45) is 5.92 Å². The molecular weight excluding hydrogens is 322 g/mol. The van der Waals surface area contributed by atoms with Crippen LogP contribution in [0.15, 0.2) is 28.8 Å². The van der Waals surface area contributed by atoms with Crippen molar-refractivity contribution in [3.63, 3.8) is 0 Å². The Hall–Kier alpha value is -2.70. The third-order valence-corrected chi connectivity index (χ3v) is 4.00. The van der Waals surface area contributed by atoms with E-state index in [1.807, 2.05) is 20.8 Å². The van der Waals surface area contributed by atoms with Crippen LogP contribution in [0.3, 0.4) is 0 Å². The smallest absolute Gasteiger partial charge is 0.308 e. The molecule has 0 saturated carbocycles. The molecule has 0 fully saturated rings. The fraction of sp³-hybridized carbons (Fsp3) is 0.444. The normalized spacial score (nSPS) is 14.0. The molecular formula is C18H23N3O4. The van der Waals surface area contributed by atoms with Gasteiger partial charge in [-0.05, 0) is 26.0 Å². The van der Waals surface area contributed by atoms with Crippen LogP contribution in [0.5, 0.6) is 0 Å². The van der Waals surface area contributed by atoms with Gasteiger partial charge < -0.3 is 14.9 Å². The Kier molecular flexibility index (Phi) is 5.25. The molecule has 1 aromatic heterocycles. The number of hydrogen-bond donors (Lipinski definition) is 2. The summed E-state index contributed by atoms with van der Waals surface area (Å²) in [6.45, 7) is 9.11. The predicted octanol–water partition coefficient (Wildman–Crippen LogP) is 2.87. The van der Waals surface area contributed by atoms with E-state index >= 15 is 0 Å². The average molecular weight is 345 g/mol. The van der Waals surface area contributed by atoms with Crippen molar-refractivity contribution >= 4 is 11.9 Å². The molecule has 2 N–H and O–H groups in total. The number of amides is 1. The number of carboxylic acids is 1. The molecule has 7 nitrogen and oxygen atoms in total. The Morgan fingerprint density at radius 3 is 2.40 bits per heavy atom. The topological polar surface area (TPSA) is 105 Å². The van der Waals surface area contributed by atoms with Crippen LogP contribution < -0.4 is 5.32 Å². The van der Waals surface area contributed by atoms with Crippen LogP contribution in [0.25, 0.3) is 11.5 Å². The van der Waals surface area contributed by atoms with E-state index in [9.17, 15) is 9.59 Å². The van der Waals surface area contributed by atoms with E-state index in [0.717, 1.165) is 0 Å². The molecule has 2 unspecified atom stereocenters. The number of aliphatic carboxylic acids is 1. The van der Waals surface area contributed by atoms with Crippen molar-refractivity contribution in [3.05, 3.63) is 35.7 Å². The van der Waals surface area contributed by atoms with Gasteiger partial charge in [0.1, 0.15) is 0 Å². The van der Waals surface area contributed by atoms with E-state index in [1.54, 1.807) is 38.1 Å². The Morgan fingerprint density at radius 1 is 1.20 bits per heavy atom. The van der Waals surface area contributed by atoms with E-state index < -0.39 is 17.9 Å². The quantitative estimate of drug-likeness (QED) is 0.863. The standard InChI is InChI=1S/C18H23N3O4/c1-10(16(23)24)11(2)19-14(22)12-8-6-7-9-13(12)15-20-17(21-25-15)18(3,4)5/h6-11H,1-5H3,(H,19,22)(H,23,24).